The van der Waals surface area contributed by atoms with Crippen LogP contribution in [0.25, 0.3) is 5.69 Å². The number of hydrogen-bond acceptors (Lipinski definition) is 3. The van der Waals surface area contributed by atoms with Crippen LogP contribution in [-0.2, 0) is 4.79 Å². The number of nitrogens with zero attached hydrogens (tertiary/aromatic N) is 3. The summed E-state index contributed by atoms with van der Waals surface area (Å²) < 4.78 is 2.60. The third kappa shape index (κ3) is 3.14. The third-order valence-corrected chi connectivity index (χ3v) is 4.51. The van der Waals surface area contributed by atoms with Gasteiger partial charge in [0.1, 0.15) is 5.54 Å². The van der Waals surface area contributed by atoms with Crippen molar-refractivity contribution in [2.45, 2.75) is 26.3 Å². The normalized spacial score (nSPS) is 11.3. The molecule has 1 aromatic heterocycles. The van der Waals surface area contributed by atoms with Gasteiger partial charge in [0.05, 0.1) is 23.1 Å². The molecule has 0 aliphatic carbocycles. The summed E-state index contributed by atoms with van der Waals surface area (Å²) in [6.45, 7) is 4.76. The van der Waals surface area contributed by atoms with Gasteiger partial charge in [-0.05, 0) is 45.0 Å². The van der Waals surface area contributed by atoms with E-state index in [1.807, 2.05) is 24.3 Å². The van der Waals surface area contributed by atoms with E-state index >= 15 is 0 Å². The van der Waals surface area contributed by atoms with E-state index in [9.17, 15) is 14.7 Å². The number of likely N-dealkylation sites (N-methyl/N-ethyl adjacent to an activating group) is 1. The number of amides is 1. The van der Waals surface area contributed by atoms with Gasteiger partial charge < -0.3 is 10.0 Å². The molecule has 0 saturated carbocycles. The standard InChI is InChI=1S/C16H18BrN3O3/c1-10-13(14(21)19(4)16(2,3)15(22)23)9-18-20(10)12-7-5-11(17)6-8-12/h5-9H,1-4H3,(H,22,23). The second kappa shape index (κ2) is 6.16. The zero-order chi connectivity index (χ0) is 17.4. The van der Waals surface area contributed by atoms with Gasteiger partial charge in [0.25, 0.3) is 5.91 Å². The largest absolute Gasteiger partial charge is 0.480 e. The molecule has 0 saturated heterocycles. The molecule has 1 heterocycles. The number of rotatable bonds is 4. The molecule has 0 atom stereocenters. The summed E-state index contributed by atoms with van der Waals surface area (Å²) in [4.78, 5) is 25.2. The number of carboxylic acid groups (broad SMARTS) is 1. The Balaban J connectivity index is 2.37. The summed E-state index contributed by atoms with van der Waals surface area (Å²) in [6, 6.07) is 7.53. The van der Waals surface area contributed by atoms with Gasteiger partial charge in [-0.1, -0.05) is 15.9 Å². The highest BCUT2D eigenvalue weighted by Crippen LogP contribution is 2.21. The predicted molar refractivity (Wildman–Crippen MR) is 89.8 cm³/mol. The van der Waals surface area contributed by atoms with Crippen molar-refractivity contribution in [1.29, 1.82) is 0 Å². The topological polar surface area (TPSA) is 75.4 Å². The van der Waals surface area contributed by atoms with Crippen molar-refractivity contribution in [1.82, 2.24) is 14.7 Å². The molecule has 23 heavy (non-hydrogen) atoms. The zero-order valence-electron chi connectivity index (χ0n) is 13.4. The highest BCUT2D eigenvalue weighted by atomic mass is 79.9. The maximum atomic E-state index is 12.6. The minimum atomic E-state index is -1.30. The molecular formula is C16H18BrN3O3. The molecule has 2 rings (SSSR count). The van der Waals surface area contributed by atoms with Crippen LogP contribution in [0.15, 0.2) is 34.9 Å². The molecule has 1 amide bonds. The Morgan fingerprint density at radius 3 is 2.35 bits per heavy atom. The number of aliphatic carboxylic acids is 1. The number of benzene rings is 1. The molecular weight excluding hydrogens is 362 g/mol. The fourth-order valence-electron chi connectivity index (χ4n) is 2.04. The van der Waals surface area contributed by atoms with Crippen molar-refractivity contribution in [2.24, 2.45) is 0 Å². The lowest BCUT2D eigenvalue weighted by atomic mass is 10.0. The van der Waals surface area contributed by atoms with Gasteiger partial charge in [-0.2, -0.15) is 5.10 Å². The SMILES string of the molecule is Cc1c(C(=O)N(C)C(C)(C)C(=O)O)cnn1-c1ccc(Br)cc1. The Morgan fingerprint density at radius 1 is 1.26 bits per heavy atom. The maximum Gasteiger partial charge on any atom is 0.329 e. The molecule has 1 N–H and O–H groups in total. The van der Waals surface area contributed by atoms with Crippen molar-refractivity contribution >= 4 is 27.8 Å². The number of carboxylic acids is 1. The summed E-state index contributed by atoms with van der Waals surface area (Å²) in [5.74, 6) is -1.44. The first-order chi connectivity index (χ1) is 10.7. The summed E-state index contributed by atoms with van der Waals surface area (Å²) >= 11 is 3.37. The third-order valence-electron chi connectivity index (χ3n) is 3.98. The highest BCUT2D eigenvalue weighted by molar-refractivity contribution is 9.10. The molecule has 6 nitrogen and oxygen atoms in total. The zero-order valence-corrected chi connectivity index (χ0v) is 15.0. The van der Waals surface area contributed by atoms with Crippen LogP contribution in [0.2, 0.25) is 0 Å². The summed E-state index contributed by atoms with van der Waals surface area (Å²) in [5.41, 5.74) is 0.559. The summed E-state index contributed by atoms with van der Waals surface area (Å²) in [5, 5.41) is 13.5. The lowest BCUT2D eigenvalue weighted by Crippen LogP contribution is -2.50. The van der Waals surface area contributed by atoms with Crippen molar-refractivity contribution in [3.63, 3.8) is 0 Å². The minimum Gasteiger partial charge on any atom is -0.480 e. The fraction of sp³-hybridized carbons (Fsp3) is 0.312. The molecule has 1 aromatic carbocycles. The van der Waals surface area contributed by atoms with E-state index in [0.29, 0.717) is 11.3 Å². The van der Waals surface area contributed by atoms with Gasteiger partial charge in [-0.15, -0.1) is 0 Å². The molecule has 7 heteroatoms. The molecule has 0 fully saturated rings. The molecule has 0 aliphatic heterocycles. The first-order valence-corrected chi connectivity index (χ1v) is 7.77. The molecule has 0 unspecified atom stereocenters. The van der Waals surface area contributed by atoms with Crippen LogP contribution in [-0.4, -0.2) is 44.3 Å². The van der Waals surface area contributed by atoms with Gasteiger partial charge >= 0.3 is 5.97 Å². The van der Waals surface area contributed by atoms with Crippen LogP contribution in [0, 0.1) is 6.92 Å². The van der Waals surface area contributed by atoms with Gasteiger partial charge in [-0.3, -0.25) is 4.79 Å². The molecule has 0 aliphatic rings. The Bertz CT molecular complexity index is 750. The number of aromatic nitrogens is 2. The molecule has 0 spiro atoms. The van der Waals surface area contributed by atoms with Crippen LogP contribution in [0.4, 0.5) is 0 Å². The number of hydrogen-bond donors (Lipinski definition) is 1. The summed E-state index contributed by atoms with van der Waals surface area (Å²) in [6.07, 6.45) is 1.47. The van der Waals surface area contributed by atoms with E-state index in [2.05, 4.69) is 21.0 Å². The van der Waals surface area contributed by atoms with Gasteiger partial charge in [-0.25, -0.2) is 9.48 Å². The first-order valence-electron chi connectivity index (χ1n) is 6.98. The van der Waals surface area contributed by atoms with Gasteiger partial charge in [0, 0.05) is 11.5 Å². The van der Waals surface area contributed by atoms with Crippen LogP contribution < -0.4 is 0 Å². The van der Waals surface area contributed by atoms with E-state index in [0.717, 1.165) is 10.2 Å². The average molecular weight is 380 g/mol. The first kappa shape index (κ1) is 17.2. The number of carbonyl (C=O) groups is 2. The van der Waals surface area contributed by atoms with E-state index in [-0.39, 0.29) is 5.91 Å². The van der Waals surface area contributed by atoms with Crippen LogP contribution in [0.3, 0.4) is 0 Å². The molecule has 0 radical (unpaired) electrons. The number of halogens is 1. The Labute approximate surface area is 142 Å². The quantitative estimate of drug-likeness (QED) is 0.885. The van der Waals surface area contributed by atoms with E-state index in [1.54, 1.807) is 11.6 Å². The van der Waals surface area contributed by atoms with Gasteiger partial charge in [0.2, 0.25) is 0 Å². The predicted octanol–water partition coefficient (Wildman–Crippen LogP) is 2.88. The fourth-order valence-corrected chi connectivity index (χ4v) is 2.30. The Kier molecular flexibility index (Phi) is 4.61. The molecule has 0 bridgehead atoms. The summed E-state index contributed by atoms with van der Waals surface area (Å²) in [7, 11) is 1.48. The minimum absolute atomic E-state index is 0.377. The second-order valence-corrected chi connectivity index (χ2v) is 6.68. The van der Waals surface area contributed by atoms with E-state index in [4.69, 9.17) is 0 Å². The monoisotopic (exact) mass is 379 g/mol. The Hall–Kier alpha value is -2.15. The second-order valence-electron chi connectivity index (χ2n) is 5.76. The van der Waals surface area contributed by atoms with Crippen molar-refractivity contribution < 1.29 is 14.7 Å². The van der Waals surface area contributed by atoms with E-state index in [1.165, 1.54) is 32.0 Å². The van der Waals surface area contributed by atoms with E-state index < -0.39 is 11.5 Å². The molecule has 2 aromatic rings. The maximum absolute atomic E-state index is 12.6. The Morgan fingerprint density at radius 2 is 1.83 bits per heavy atom. The van der Waals surface area contributed by atoms with Crippen molar-refractivity contribution in [3.05, 3.63) is 46.2 Å². The van der Waals surface area contributed by atoms with Crippen molar-refractivity contribution in [3.8, 4) is 5.69 Å². The average Bonchev–Trinajstić information content (AvgIpc) is 2.88. The van der Waals surface area contributed by atoms with Crippen LogP contribution in [0.5, 0.6) is 0 Å². The number of carbonyl (C=O) groups excluding carboxylic acids is 1. The lowest BCUT2D eigenvalue weighted by Gasteiger charge is -2.31. The van der Waals surface area contributed by atoms with Gasteiger partial charge in [0.15, 0.2) is 0 Å². The highest BCUT2D eigenvalue weighted by Gasteiger charge is 2.36. The smallest absolute Gasteiger partial charge is 0.329 e. The van der Waals surface area contributed by atoms with Crippen molar-refractivity contribution in [2.75, 3.05) is 7.05 Å². The lowest BCUT2D eigenvalue weighted by molar-refractivity contribution is -0.147. The molecule has 122 valence electrons. The van der Waals surface area contributed by atoms with Crippen LogP contribution in [0.1, 0.15) is 29.9 Å². The van der Waals surface area contributed by atoms with Crippen LogP contribution >= 0.6 is 15.9 Å².